The zero-order chi connectivity index (χ0) is 14.2. The SMILES string of the molecule is CC(C)CNCCc1ccc(CN2CC=CCC2)cc1. The van der Waals surface area contributed by atoms with E-state index < -0.39 is 0 Å². The van der Waals surface area contributed by atoms with Crippen LogP contribution in [0.4, 0.5) is 0 Å². The first-order valence-electron chi connectivity index (χ1n) is 7.90. The molecule has 0 atom stereocenters. The highest BCUT2D eigenvalue weighted by Gasteiger charge is 2.06. The highest BCUT2D eigenvalue weighted by Crippen LogP contribution is 2.10. The Bertz CT molecular complexity index is 406. The molecule has 20 heavy (non-hydrogen) atoms. The fourth-order valence-corrected chi connectivity index (χ4v) is 2.53. The Hall–Kier alpha value is -1.12. The summed E-state index contributed by atoms with van der Waals surface area (Å²) in [7, 11) is 0. The van der Waals surface area contributed by atoms with Crippen molar-refractivity contribution in [2.45, 2.75) is 33.2 Å². The number of benzene rings is 1. The fraction of sp³-hybridized carbons (Fsp3) is 0.556. The summed E-state index contributed by atoms with van der Waals surface area (Å²) < 4.78 is 0. The second kappa shape index (κ2) is 8.23. The van der Waals surface area contributed by atoms with Crippen LogP contribution in [-0.2, 0) is 13.0 Å². The van der Waals surface area contributed by atoms with E-state index in [0.29, 0.717) is 0 Å². The maximum absolute atomic E-state index is 3.50. The number of rotatable bonds is 7. The van der Waals surface area contributed by atoms with Gasteiger partial charge >= 0.3 is 0 Å². The molecule has 0 aromatic heterocycles. The second-order valence-corrected chi connectivity index (χ2v) is 6.16. The zero-order valence-corrected chi connectivity index (χ0v) is 12.9. The van der Waals surface area contributed by atoms with Gasteiger partial charge in [-0.15, -0.1) is 0 Å². The van der Waals surface area contributed by atoms with Crippen molar-refractivity contribution in [3.05, 3.63) is 47.5 Å². The van der Waals surface area contributed by atoms with Crippen LogP contribution in [0.25, 0.3) is 0 Å². The van der Waals surface area contributed by atoms with Crippen LogP contribution in [0.2, 0.25) is 0 Å². The molecular formula is C18H28N2. The van der Waals surface area contributed by atoms with Gasteiger partial charge in [0.1, 0.15) is 0 Å². The monoisotopic (exact) mass is 272 g/mol. The van der Waals surface area contributed by atoms with E-state index in [-0.39, 0.29) is 0 Å². The van der Waals surface area contributed by atoms with Crippen molar-refractivity contribution in [3.63, 3.8) is 0 Å². The van der Waals surface area contributed by atoms with E-state index in [1.807, 2.05) is 0 Å². The third-order valence-electron chi connectivity index (χ3n) is 3.71. The van der Waals surface area contributed by atoms with Crippen molar-refractivity contribution in [3.8, 4) is 0 Å². The number of hydrogen-bond donors (Lipinski definition) is 1. The molecule has 2 nitrogen and oxygen atoms in total. The molecule has 1 heterocycles. The molecule has 2 heteroatoms. The van der Waals surface area contributed by atoms with Crippen LogP contribution in [0, 0.1) is 5.92 Å². The summed E-state index contributed by atoms with van der Waals surface area (Å²) in [5, 5.41) is 3.50. The fourth-order valence-electron chi connectivity index (χ4n) is 2.53. The van der Waals surface area contributed by atoms with E-state index in [2.05, 4.69) is 60.5 Å². The Morgan fingerprint density at radius 3 is 2.50 bits per heavy atom. The predicted molar refractivity (Wildman–Crippen MR) is 86.9 cm³/mol. The van der Waals surface area contributed by atoms with E-state index in [1.165, 1.54) is 24.1 Å². The summed E-state index contributed by atoms with van der Waals surface area (Å²) in [6, 6.07) is 9.14. The van der Waals surface area contributed by atoms with Gasteiger partial charge < -0.3 is 5.32 Å². The summed E-state index contributed by atoms with van der Waals surface area (Å²) in [6.07, 6.45) is 6.88. The van der Waals surface area contributed by atoms with E-state index >= 15 is 0 Å². The molecule has 1 aromatic rings. The molecule has 110 valence electrons. The van der Waals surface area contributed by atoms with Crippen molar-refractivity contribution in [2.24, 2.45) is 5.92 Å². The molecule has 0 fully saturated rings. The number of hydrogen-bond acceptors (Lipinski definition) is 2. The van der Waals surface area contributed by atoms with Gasteiger partial charge in [0.15, 0.2) is 0 Å². The van der Waals surface area contributed by atoms with Crippen LogP contribution >= 0.6 is 0 Å². The van der Waals surface area contributed by atoms with Gasteiger partial charge in [0.25, 0.3) is 0 Å². The lowest BCUT2D eigenvalue weighted by Gasteiger charge is -2.23. The molecule has 0 bridgehead atoms. The Labute approximate surface area is 123 Å². The summed E-state index contributed by atoms with van der Waals surface area (Å²) in [5.74, 6) is 0.732. The lowest BCUT2D eigenvalue weighted by molar-refractivity contribution is 0.290. The quantitative estimate of drug-likeness (QED) is 0.605. The first kappa shape index (κ1) is 15.3. The third kappa shape index (κ3) is 5.48. The van der Waals surface area contributed by atoms with Gasteiger partial charge in [-0.1, -0.05) is 50.3 Å². The molecule has 0 aliphatic carbocycles. The van der Waals surface area contributed by atoms with Crippen LogP contribution in [0.5, 0.6) is 0 Å². The number of nitrogens with zero attached hydrogens (tertiary/aromatic N) is 1. The van der Waals surface area contributed by atoms with Crippen LogP contribution in [-0.4, -0.2) is 31.1 Å². The van der Waals surface area contributed by atoms with Gasteiger partial charge in [0.05, 0.1) is 0 Å². The highest BCUT2D eigenvalue weighted by atomic mass is 15.1. The molecule has 0 amide bonds. The first-order chi connectivity index (χ1) is 9.74. The average Bonchev–Trinajstić information content (AvgIpc) is 2.46. The molecule has 0 unspecified atom stereocenters. The van der Waals surface area contributed by atoms with Crippen molar-refractivity contribution >= 4 is 0 Å². The maximum atomic E-state index is 3.50. The minimum absolute atomic E-state index is 0.732. The van der Waals surface area contributed by atoms with E-state index in [1.54, 1.807) is 0 Å². The lowest BCUT2D eigenvalue weighted by atomic mass is 10.1. The van der Waals surface area contributed by atoms with Crippen LogP contribution in [0.1, 0.15) is 31.4 Å². The van der Waals surface area contributed by atoms with Crippen LogP contribution in [0.15, 0.2) is 36.4 Å². The lowest BCUT2D eigenvalue weighted by Crippen LogP contribution is -2.26. The van der Waals surface area contributed by atoms with E-state index in [9.17, 15) is 0 Å². The Kier molecular flexibility index (Phi) is 6.28. The molecule has 1 aromatic carbocycles. The normalized spacial score (nSPS) is 15.9. The predicted octanol–water partition coefficient (Wildman–Crippen LogP) is 3.24. The van der Waals surface area contributed by atoms with Gasteiger partial charge in [-0.25, -0.2) is 0 Å². The van der Waals surface area contributed by atoms with Gasteiger partial charge in [-0.3, -0.25) is 4.90 Å². The Balaban J connectivity index is 1.73. The van der Waals surface area contributed by atoms with Gasteiger partial charge in [-0.05, 0) is 43.0 Å². The smallest absolute Gasteiger partial charge is 0.0237 e. The third-order valence-corrected chi connectivity index (χ3v) is 3.71. The van der Waals surface area contributed by atoms with E-state index in [0.717, 1.165) is 38.5 Å². The topological polar surface area (TPSA) is 15.3 Å². The molecule has 0 saturated heterocycles. The van der Waals surface area contributed by atoms with Crippen molar-refractivity contribution in [1.29, 1.82) is 0 Å². The molecule has 2 rings (SSSR count). The van der Waals surface area contributed by atoms with Gasteiger partial charge in [0, 0.05) is 19.6 Å². The molecule has 0 spiro atoms. The minimum Gasteiger partial charge on any atom is -0.316 e. The first-order valence-corrected chi connectivity index (χ1v) is 7.90. The zero-order valence-electron chi connectivity index (χ0n) is 12.9. The maximum Gasteiger partial charge on any atom is 0.0237 e. The minimum atomic E-state index is 0.732. The standard InChI is InChI=1S/C18H28N2/c1-16(2)14-19-11-10-17-6-8-18(9-7-17)15-20-12-4-3-5-13-20/h3-4,6-9,16,19H,5,10-15H2,1-2H3. The molecule has 1 N–H and O–H groups in total. The molecule has 0 radical (unpaired) electrons. The van der Waals surface area contributed by atoms with Crippen molar-refractivity contribution in [2.75, 3.05) is 26.2 Å². The molecule has 1 aliphatic heterocycles. The largest absolute Gasteiger partial charge is 0.316 e. The molecular weight excluding hydrogens is 244 g/mol. The van der Waals surface area contributed by atoms with Crippen molar-refractivity contribution < 1.29 is 0 Å². The number of nitrogens with one attached hydrogen (secondary N) is 1. The van der Waals surface area contributed by atoms with Crippen LogP contribution < -0.4 is 5.32 Å². The van der Waals surface area contributed by atoms with Crippen molar-refractivity contribution in [1.82, 2.24) is 10.2 Å². The summed E-state index contributed by atoms with van der Waals surface area (Å²) >= 11 is 0. The van der Waals surface area contributed by atoms with Gasteiger partial charge in [0.2, 0.25) is 0 Å². The molecule has 1 aliphatic rings. The highest BCUT2D eigenvalue weighted by molar-refractivity contribution is 5.23. The molecule has 0 saturated carbocycles. The second-order valence-electron chi connectivity index (χ2n) is 6.16. The summed E-state index contributed by atoms with van der Waals surface area (Å²) in [6.45, 7) is 10.1. The van der Waals surface area contributed by atoms with E-state index in [4.69, 9.17) is 0 Å². The van der Waals surface area contributed by atoms with Crippen LogP contribution in [0.3, 0.4) is 0 Å². The summed E-state index contributed by atoms with van der Waals surface area (Å²) in [4.78, 5) is 2.50. The average molecular weight is 272 g/mol. The summed E-state index contributed by atoms with van der Waals surface area (Å²) in [5.41, 5.74) is 2.86. The van der Waals surface area contributed by atoms with Gasteiger partial charge in [-0.2, -0.15) is 0 Å². The Morgan fingerprint density at radius 1 is 1.10 bits per heavy atom. The Morgan fingerprint density at radius 2 is 1.85 bits per heavy atom.